The molecule has 1 fully saturated rings. The van der Waals surface area contributed by atoms with E-state index in [9.17, 15) is 4.79 Å². The Kier molecular flexibility index (Phi) is 3.09. The minimum Gasteiger partial charge on any atom is -0.396 e. The molecule has 17 heavy (non-hydrogen) atoms. The largest absolute Gasteiger partial charge is 0.396 e. The Hall–Kier alpha value is -1.52. The molecule has 5 nitrogen and oxygen atoms in total. The van der Waals surface area contributed by atoms with Crippen LogP contribution in [0.1, 0.15) is 43.6 Å². The summed E-state index contributed by atoms with van der Waals surface area (Å²) < 4.78 is 1.59. The third kappa shape index (κ3) is 2.14. The number of carbonyl (C=O) groups is 1. The number of nitrogens with zero attached hydrogens (tertiary/aromatic N) is 3. The van der Waals surface area contributed by atoms with Gasteiger partial charge in [0.2, 0.25) is 0 Å². The van der Waals surface area contributed by atoms with Crippen molar-refractivity contribution in [1.82, 2.24) is 14.7 Å². The fourth-order valence-electron chi connectivity index (χ4n) is 2.62. The van der Waals surface area contributed by atoms with E-state index in [0.29, 0.717) is 11.4 Å². The second-order valence-corrected chi connectivity index (χ2v) is 4.95. The average molecular weight is 236 g/mol. The maximum absolute atomic E-state index is 12.4. The molecule has 0 bridgehead atoms. The summed E-state index contributed by atoms with van der Waals surface area (Å²) in [6.07, 6.45) is 4.97. The van der Waals surface area contributed by atoms with E-state index in [-0.39, 0.29) is 18.0 Å². The number of piperidine rings is 1. The van der Waals surface area contributed by atoms with Gasteiger partial charge in [-0.1, -0.05) is 0 Å². The van der Waals surface area contributed by atoms with Crippen LogP contribution in [-0.4, -0.2) is 32.7 Å². The first-order chi connectivity index (χ1) is 8.00. The van der Waals surface area contributed by atoms with Gasteiger partial charge in [0.15, 0.2) is 5.69 Å². The smallest absolute Gasteiger partial charge is 0.276 e. The molecule has 0 spiro atoms. The van der Waals surface area contributed by atoms with Gasteiger partial charge in [0.1, 0.15) is 0 Å². The Balaban J connectivity index is 2.27. The van der Waals surface area contributed by atoms with Crippen LogP contribution >= 0.6 is 0 Å². The summed E-state index contributed by atoms with van der Waals surface area (Å²) >= 11 is 0. The van der Waals surface area contributed by atoms with E-state index in [0.717, 1.165) is 12.8 Å². The molecular weight excluding hydrogens is 216 g/mol. The van der Waals surface area contributed by atoms with Crippen LogP contribution in [0.25, 0.3) is 0 Å². The van der Waals surface area contributed by atoms with Crippen molar-refractivity contribution in [2.75, 3.05) is 5.73 Å². The van der Waals surface area contributed by atoms with Crippen molar-refractivity contribution in [2.24, 2.45) is 7.05 Å². The lowest BCUT2D eigenvalue weighted by Gasteiger charge is -2.38. The van der Waals surface area contributed by atoms with Gasteiger partial charge in [-0.25, -0.2) is 0 Å². The molecular formula is C12H20N4O. The van der Waals surface area contributed by atoms with E-state index in [1.807, 2.05) is 4.90 Å². The second-order valence-electron chi connectivity index (χ2n) is 4.95. The van der Waals surface area contributed by atoms with Gasteiger partial charge in [0.25, 0.3) is 5.91 Å². The molecule has 1 aromatic rings. The van der Waals surface area contributed by atoms with Crippen LogP contribution in [0.3, 0.4) is 0 Å². The van der Waals surface area contributed by atoms with Gasteiger partial charge in [-0.3, -0.25) is 9.48 Å². The quantitative estimate of drug-likeness (QED) is 0.801. The molecule has 2 heterocycles. The number of likely N-dealkylation sites (tertiary alicyclic amines) is 1. The maximum atomic E-state index is 12.4. The number of carbonyl (C=O) groups excluding carboxylic acids is 1. The first-order valence-electron chi connectivity index (χ1n) is 6.12. The van der Waals surface area contributed by atoms with Crippen LogP contribution in [0.5, 0.6) is 0 Å². The number of amides is 1. The lowest BCUT2D eigenvalue weighted by atomic mass is 9.97. The number of aryl methyl sites for hydroxylation is 1. The van der Waals surface area contributed by atoms with E-state index < -0.39 is 0 Å². The molecule has 2 N–H and O–H groups in total. The summed E-state index contributed by atoms with van der Waals surface area (Å²) in [7, 11) is 1.77. The van der Waals surface area contributed by atoms with E-state index in [1.54, 1.807) is 17.9 Å². The van der Waals surface area contributed by atoms with Gasteiger partial charge >= 0.3 is 0 Å². The molecule has 2 rings (SSSR count). The summed E-state index contributed by atoms with van der Waals surface area (Å²) in [4.78, 5) is 14.3. The molecule has 0 aromatic carbocycles. The Morgan fingerprint density at radius 2 is 2.00 bits per heavy atom. The minimum atomic E-state index is -0.0391. The molecule has 1 amide bonds. The van der Waals surface area contributed by atoms with Crippen molar-refractivity contribution in [3.63, 3.8) is 0 Å². The maximum Gasteiger partial charge on any atom is 0.276 e. The predicted octanol–water partition coefficient (Wildman–Crippen LogP) is 1.41. The van der Waals surface area contributed by atoms with E-state index >= 15 is 0 Å². The Labute approximate surface area is 102 Å². The number of hydrogen-bond donors (Lipinski definition) is 1. The molecule has 94 valence electrons. The van der Waals surface area contributed by atoms with Crippen molar-refractivity contribution >= 4 is 11.6 Å². The first-order valence-corrected chi connectivity index (χ1v) is 6.12. The van der Waals surface area contributed by atoms with Gasteiger partial charge in [-0.05, 0) is 33.1 Å². The van der Waals surface area contributed by atoms with Crippen molar-refractivity contribution in [2.45, 2.75) is 45.2 Å². The number of anilines is 1. The highest BCUT2D eigenvalue weighted by molar-refractivity contribution is 5.97. The van der Waals surface area contributed by atoms with Crippen LogP contribution in [0, 0.1) is 0 Å². The van der Waals surface area contributed by atoms with Gasteiger partial charge in [-0.15, -0.1) is 0 Å². The molecule has 1 aromatic heterocycles. The van der Waals surface area contributed by atoms with Crippen LogP contribution in [0.4, 0.5) is 5.69 Å². The fraction of sp³-hybridized carbons (Fsp3) is 0.667. The number of nitrogens with two attached hydrogens (primary N) is 1. The third-order valence-corrected chi connectivity index (χ3v) is 3.49. The van der Waals surface area contributed by atoms with Crippen molar-refractivity contribution < 1.29 is 4.79 Å². The zero-order valence-electron chi connectivity index (χ0n) is 10.7. The standard InChI is InChI=1S/C12H20N4O/c1-8-5-4-6-9(2)16(8)12(17)11-10(13)7-15(3)14-11/h7-9H,4-6,13H2,1-3H3/t8-,9+. The van der Waals surface area contributed by atoms with Crippen molar-refractivity contribution in [3.8, 4) is 0 Å². The highest BCUT2D eigenvalue weighted by atomic mass is 16.2. The lowest BCUT2D eigenvalue weighted by Crippen LogP contribution is -2.47. The van der Waals surface area contributed by atoms with Gasteiger partial charge < -0.3 is 10.6 Å². The van der Waals surface area contributed by atoms with E-state index in [1.165, 1.54) is 6.42 Å². The van der Waals surface area contributed by atoms with Crippen molar-refractivity contribution in [3.05, 3.63) is 11.9 Å². The van der Waals surface area contributed by atoms with Gasteiger partial charge in [0, 0.05) is 25.3 Å². The average Bonchev–Trinajstić information content (AvgIpc) is 2.57. The number of rotatable bonds is 1. The van der Waals surface area contributed by atoms with Crippen LogP contribution < -0.4 is 5.73 Å². The number of hydrogen-bond acceptors (Lipinski definition) is 3. The molecule has 1 saturated heterocycles. The normalized spacial score (nSPS) is 25.0. The Bertz CT molecular complexity index is 416. The summed E-state index contributed by atoms with van der Waals surface area (Å²) in [5, 5.41) is 4.15. The molecule has 0 saturated carbocycles. The van der Waals surface area contributed by atoms with Crippen LogP contribution in [0.15, 0.2) is 6.20 Å². The number of aromatic nitrogens is 2. The Morgan fingerprint density at radius 1 is 1.41 bits per heavy atom. The van der Waals surface area contributed by atoms with E-state index in [4.69, 9.17) is 5.73 Å². The molecule has 1 aliphatic rings. The fourth-order valence-corrected chi connectivity index (χ4v) is 2.62. The molecule has 2 atom stereocenters. The molecule has 0 aliphatic carbocycles. The third-order valence-electron chi connectivity index (χ3n) is 3.49. The molecule has 0 radical (unpaired) electrons. The van der Waals surface area contributed by atoms with Crippen LogP contribution in [0.2, 0.25) is 0 Å². The lowest BCUT2D eigenvalue weighted by molar-refractivity contribution is 0.0505. The second kappa shape index (κ2) is 4.39. The zero-order valence-corrected chi connectivity index (χ0v) is 10.7. The molecule has 5 heteroatoms. The van der Waals surface area contributed by atoms with E-state index in [2.05, 4.69) is 18.9 Å². The first kappa shape index (κ1) is 12.0. The summed E-state index contributed by atoms with van der Waals surface area (Å²) in [6.45, 7) is 4.18. The monoisotopic (exact) mass is 236 g/mol. The van der Waals surface area contributed by atoms with Crippen LogP contribution in [-0.2, 0) is 7.05 Å². The summed E-state index contributed by atoms with van der Waals surface area (Å²) in [5.74, 6) is -0.0391. The topological polar surface area (TPSA) is 64.2 Å². The zero-order chi connectivity index (χ0) is 12.6. The Morgan fingerprint density at radius 3 is 2.47 bits per heavy atom. The molecule has 0 unspecified atom stereocenters. The highest BCUT2D eigenvalue weighted by Crippen LogP contribution is 2.25. The molecule has 1 aliphatic heterocycles. The van der Waals surface area contributed by atoms with Crippen molar-refractivity contribution in [1.29, 1.82) is 0 Å². The summed E-state index contributed by atoms with van der Waals surface area (Å²) in [5.41, 5.74) is 6.65. The minimum absolute atomic E-state index is 0.0391. The predicted molar refractivity (Wildman–Crippen MR) is 66.6 cm³/mol. The SMILES string of the molecule is C[C@@H]1CCC[C@H](C)N1C(=O)c1nn(C)cc1N. The van der Waals surface area contributed by atoms with Gasteiger partial charge in [0.05, 0.1) is 5.69 Å². The van der Waals surface area contributed by atoms with Gasteiger partial charge in [-0.2, -0.15) is 5.10 Å². The summed E-state index contributed by atoms with van der Waals surface area (Å²) in [6, 6.07) is 0.542. The highest BCUT2D eigenvalue weighted by Gasteiger charge is 2.31. The number of nitrogen functional groups attached to an aromatic ring is 1.